The van der Waals surface area contributed by atoms with Crippen LogP contribution in [0, 0.1) is 0 Å². The monoisotopic (exact) mass is 408 g/mol. The number of aromatic nitrogens is 3. The molecule has 0 amide bonds. The van der Waals surface area contributed by atoms with Crippen LogP contribution in [0.3, 0.4) is 0 Å². The first-order valence-corrected chi connectivity index (χ1v) is 9.68. The topological polar surface area (TPSA) is 76.4 Å². The lowest BCUT2D eigenvalue weighted by atomic mass is 10.2. The van der Waals surface area contributed by atoms with Gasteiger partial charge in [-0.15, -0.1) is 11.3 Å². The third-order valence-corrected chi connectivity index (χ3v) is 6.30. The van der Waals surface area contributed by atoms with E-state index < -0.39 is 10.0 Å². The lowest BCUT2D eigenvalue weighted by Gasteiger charge is -2.08. The van der Waals surface area contributed by atoms with Crippen molar-refractivity contribution in [1.82, 2.24) is 14.4 Å². The summed E-state index contributed by atoms with van der Waals surface area (Å²) in [6, 6.07) is 7.14. The van der Waals surface area contributed by atoms with Crippen LogP contribution in [0.5, 0.6) is 0 Å². The van der Waals surface area contributed by atoms with Gasteiger partial charge in [0.15, 0.2) is 9.99 Å². The van der Waals surface area contributed by atoms with E-state index >= 15 is 0 Å². The van der Waals surface area contributed by atoms with Crippen molar-refractivity contribution >= 4 is 58.7 Å². The van der Waals surface area contributed by atoms with Gasteiger partial charge in [0.05, 0.1) is 0 Å². The Morgan fingerprint density at radius 1 is 1.22 bits per heavy atom. The van der Waals surface area contributed by atoms with Crippen molar-refractivity contribution in [2.24, 2.45) is 0 Å². The number of imidazole rings is 1. The minimum Gasteiger partial charge on any atom is -0.278 e. The maximum atomic E-state index is 12.7. The Hall–Kier alpha value is -1.97. The molecule has 0 fully saturated rings. The fraction of sp³-hybridized carbons (Fsp3) is 0. The van der Waals surface area contributed by atoms with E-state index in [-0.39, 0.29) is 5.03 Å². The van der Waals surface area contributed by atoms with Crippen LogP contribution in [0.15, 0.2) is 57.9 Å². The second-order valence-electron chi connectivity index (χ2n) is 4.81. The van der Waals surface area contributed by atoms with Crippen molar-refractivity contribution in [3.63, 3.8) is 0 Å². The van der Waals surface area contributed by atoms with Crippen molar-refractivity contribution < 1.29 is 8.42 Å². The lowest BCUT2D eigenvalue weighted by Crippen LogP contribution is -2.15. The number of pyridine rings is 1. The third kappa shape index (κ3) is 2.50. The van der Waals surface area contributed by atoms with Crippen LogP contribution in [-0.4, -0.2) is 22.8 Å². The molecule has 0 aliphatic rings. The van der Waals surface area contributed by atoms with Crippen LogP contribution in [-0.2, 0) is 10.0 Å². The van der Waals surface area contributed by atoms with Crippen LogP contribution in [0.2, 0.25) is 0 Å². The van der Waals surface area contributed by atoms with Gasteiger partial charge in [0, 0.05) is 35.0 Å². The van der Waals surface area contributed by atoms with E-state index in [1.807, 2.05) is 12.1 Å². The second kappa shape index (κ2) is 5.29. The maximum absolute atomic E-state index is 12.7. The highest BCUT2D eigenvalue weighted by Gasteiger charge is 2.24. The van der Waals surface area contributed by atoms with Gasteiger partial charge in [-0.25, -0.2) is 4.98 Å². The van der Waals surface area contributed by atoms with Gasteiger partial charge in [0.2, 0.25) is 0 Å². The molecule has 6 nitrogen and oxygen atoms in total. The molecule has 0 saturated carbocycles. The van der Waals surface area contributed by atoms with Crippen molar-refractivity contribution in [2.45, 2.75) is 5.03 Å². The summed E-state index contributed by atoms with van der Waals surface area (Å²) in [7, 11) is -3.77. The molecule has 1 N–H and O–H groups in total. The SMILES string of the molecule is O=S(=O)(Nc1ccc2cnccc2c1)c1c(Br)nc2sccn12. The normalized spacial score (nSPS) is 12.0. The first kappa shape index (κ1) is 14.6. The smallest absolute Gasteiger partial charge is 0.278 e. The van der Waals surface area contributed by atoms with E-state index in [0.717, 1.165) is 10.8 Å². The number of hydrogen-bond acceptors (Lipinski definition) is 5. The number of nitrogens with zero attached hydrogens (tertiary/aromatic N) is 3. The van der Waals surface area contributed by atoms with E-state index in [1.165, 1.54) is 11.3 Å². The molecule has 116 valence electrons. The van der Waals surface area contributed by atoms with Gasteiger partial charge < -0.3 is 0 Å². The van der Waals surface area contributed by atoms with Crippen LogP contribution < -0.4 is 4.72 Å². The zero-order valence-electron chi connectivity index (χ0n) is 11.5. The molecule has 0 aliphatic heterocycles. The highest BCUT2D eigenvalue weighted by atomic mass is 79.9. The highest BCUT2D eigenvalue weighted by Crippen LogP contribution is 2.28. The summed E-state index contributed by atoms with van der Waals surface area (Å²) in [6.45, 7) is 0. The first-order chi connectivity index (χ1) is 11.0. The minimum absolute atomic E-state index is 0.0866. The van der Waals surface area contributed by atoms with E-state index in [0.29, 0.717) is 15.3 Å². The Labute approximate surface area is 144 Å². The van der Waals surface area contributed by atoms with E-state index in [4.69, 9.17) is 0 Å². The lowest BCUT2D eigenvalue weighted by molar-refractivity contribution is 0.596. The number of sulfonamides is 1. The average Bonchev–Trinajstić information content (AvgIpc) is 3.06. The molecule has 3 aromatic heterocycles. The second-order valence-corrected chi connectivity index (χ2v) is 8.03. The molecular weight excluding hydrogens is 400 g/mol. The molecule has 0 spiro atoms. The number of thiazole rings is 1. The van der Waals surface area contributed by atoms with Crippen molar-refractivity contribution in [2.75, 3.05) is 4.72 Å². The summed E-state index contributed by atoms with van der Waals surface area (Å²) in [5.74, 6) is 0. The maximum Gasteiger partial charge on any atom is 0.280 e. The summed E-state index contributed by atoms with van der Waals surface area (Å²) in [6.07, 6.45) is 5.08. The van der Waals surface area contributed by atoms with Crippen LogP contribution >= 0.6 is 27.3 Å². The Balaban J connectivity index is 1.79. The Bertz CT molecular complexity index is 1130. The largest absolute Gasteiger partial charge is 0.280 e. The number of rotatable bonds is 3. The van der Waals surface area contributed by atoms with E-state index in [2.05, 4.69) is 30.6 Å². The third-order valence-electron chi connectivity index (χ3n) is 3.33. The summed E-state index contributed by atoms with van der Waals surface area (Å²) in [5, 5.41) is 3.73. The molecule has 0 unspecified atom stereocenters. The molecule has 0 saturated heterocycles. The molecule has 0 atom stereocenters. The number of halogens is 1. The minimum atomic E-state index is -3.77. The number of hydrogen-bond donors (Lipinski definition) is 1. The summed E-state index contributed by atoms with van der Waals surface area (Å²) < 4.78 is 29.9. The molecule has 0 aliphatic carbocycles. The van der Waals surface area contributed by atoms with Crippen LogP contribution in [0.4, 0.5) is 5.69 Å². The molecule has 9 heteroatoms. The molecule has 3 heterocycles. The number of nitrogens with one attached hydrogen (secondary N) is 1. The standard InChI is InChI=1S/C14H9BrN4O2S2/c15-12-13(19-5-6-22-14(19)17-12)23(20,21)18-11-2-1-10-8-16-4-3-9(10)7-11/h1-8,18H. The zero-order valence-corrected chi connectivity index (χ0v) is 14.7. The highest BCUT2D eigenvalue weighted by molar-refractivity contribution is 9.10. The van der Waals surface area contributed by atoms with Gasteiger partial charge in [-0.05, 0) is 39.5 Å². The predicted molar refractivity (Wildman–Crippen MR) is 93.3 cm³/mol. The van der Waals surface area contributed by atoms with E-state index in [1.54, 1.807) is 40.5 Å². The quantitative estimate of drug-likeness (QED) is 0.562. The molecule has 4 aromatic rings. The van der Waals surface area contributed by atoms with E-state index in [9.17, 15) is 8.42 Å². The predicted octanol–water partition coefficient (Wildman–Crippen LogP) is 3.51. The molecule has 4 rings (SSSR count). The van der Waals surface area contributed by atoms with Gasteiger partial charge in [-0.3, -0.25) is 14.1 Å². The first-order valence-electron chi connectivity index (χ1n) is 6.52. The molecule has 0 radical (unpaired) electrons. The Kier molecular flexibility index (Phi) is 3.36. The fourth-order valence-corrected chi connectivity index (χ4v) is 5.42. The molecule has 0 bridgehead atoms. The van der Waals surface area contributed by atoms with Gasteiger partial charge in [-0.2, -0.15) is 8.42 Å². The number of fused-ring (bicyclic) bond motifs is 2. The zero-order chi connectivity index (χ0) is 16.0. The molecular formula is C14H9BrN4O2S2. The molecule has 23 heavy (non-hydrogen) atoms. The van der Waals surface area contributed by atoms with Gasteiger partial charge >= 0.3 is 0 Å². The number of anilines is 1. The van der Waals surface area contributed by atoms with Crippen molar-refractivity contribution in [3.8, 4) is 0 Å². The van der Waals surface area contributed by atoms with Gasteiger partial charge in [-0.1, -0.05) is 6.07 Å². The number of benzene rings is 1. The summed E-state index contributed by atoms with van der Waals surface area (Å²) >= 11 is 4.59. The van der Waals surface area contributed by atoms with Crippen LogP contribution in [0.25, 0.3) is 15.7 Å². The summed E-state index contributed by atoms with van der Waals surface area (Å²) in [4.78, 5) is 8.86. The van der Waals surface area contributed by atoms with Crippen molar-refractivity contribution in [3.05, 3.63) is 52.8 Å². The van der Waals surface area contributed by atoms with Gasteiger partial charge in [0.1, 0.15) is 4.60 Å². The van der Waals surface area contributed by atoms with Crippen molar-refractivity contribution in [1.29, 1.82) is 0 Å². The Morgan fingerprint density at radius 2 is 2.09 bits per heavy atom. The average molecular weight is 409 g/mol. The van der Waals surface area contributed by atoms with Gasteiger partial charge in [0.25, 0.3) is 10.0 Å². The van der Waals surface area contributed by atoms with Crippen LogP contribution in [0.1, 0.15) is 0 Å². The fourth-order valence-electron chi connectivity index (χ4n) is 2.33. The Morgan fingerprint density at radius 3 is 2.96 bits per heavy atom. The summed E-state index contributed by atoms with van der Waals surface area (Å²) in [5.41, 5.74) is 0.487. The molecule has 1 aromatic carbocycles.